The molecule has 4 heterocycles. The first-order valence-electron chi connectivity index (χ1n) is 8.32. The van der Waals surface area contributed by atoms with Gasteiger partial charge in [-0.2, -0.15) is 0 Å². The van der Waals surface area contributed by atoms with E-state index in [-0.39, 0.29) is 11.9 Å². The van der Waals surface area contributed by atoms with Crippen LogP contribution in [-0.4, -0.2) is 56.7 Å². The van der Waals surface area contributed by atoms with Gasteiger partial charge in [0.1, 0.15) is 6.61 Å². The van der Waals surface area contributed by atoms with E-state index in [0.717, 1.165) is 31.9 Å². The molecule has 1 N–H and O–H groups in total. The molecule has 1 amide bonds. The first kappa shape index (κ1) is 15.1. The number of nitrogens with one attached hydrogen (secondary N) is 1. The van der Waals surface area contributed by atoms with Crippen LogP contribution in [0.1, 0.15) is 23.2 Å². The van der Waals surface area contributed by atoms with Gasteiger partial charge >= 0.3 is 0 Å². The molecule has 4 aliphatic heterocycles. The van der Waals surface area contributed by atoms with Gasteiger partial charge in [-0.05, 0) is 44.0 Å². The number of nitrogens with zero attached hydrogens (tertiary/aromatic N) is 2. The molecule has 0 aliphatic carbocycles. The Bertz CT molecular complexity index is 629. The van der Waals surface area contributed by atoms with Crippen molar-refractivity contribution in [2.45, 2.75) is 18.9 Å². The fourth-order valence-corrected chi connectivity index (χ4v) is 4.18. The van der Waals surface area contributed by atoms with Crippen LogP contribution in [0.25, 0.3) is 0 Å². The Morgan fingerprint density at radius 2 is 2.09 bits per heavy atom. The number of carbonyl (C=O) groups is 1. The van der Waals surface area contributed by atoms with Gasteiger partial charge in [-0.15, -0.1) is 0 Å². The molecule has 1 aromatic carbocycles. The van der Waals surface area contributed by atoms with Crippen LogP contribution in [0.5, 0.6) is 5.75 Å². The first-order valence-corrected chi connectivity index (χ1v) is 8.70. The summed E-state index contributed by atoms with van der Waals surface area (Å²) in [5.74, 6) is 1.18. The minimum Gasteiger partial charge on any atom is -0.489 e. The molecule has 1 unspecified atom stereocenters. The van der Waals surface area contributed by atoms with E-state index in [2.05, 4.69) is 15.1 Å². The first-order chi connectivity index (χ1) is 11.1. The lowest BCUT2D eigenvalue weighted by Gasteiger charge is -2.45. The molecule has 124 valence electrons. The normalized spacial score (nSPS) is 29.0. The Hall–Kier alpha value is -1.46. The maximum atomic E-state index is 12.8. The molecule has 6 heteroatoms. The molecule has 0 radical (unpaired) electrons. The molecule has 2 bridgehead atoms. The molecule has 3 saturated heterocycles. The highest BCUT2D eigenvalue weighted by molar-refractivity contribution is 6.31. The molecule has 5 nitrogen and oxygen atoms in total. The Morgan fingerprint density at radius 1 is 1.30 bits per heavy atom. The zero-order chi connectivity index (χ0) is 16.0. The molecule has 1 aromatic rings. The number of anilines is 1. The van der Waals surface area contributed by atoms with E-state index in [9.17, 15) is 4.79 Å². The monoisotopic (exact) mass is 335 g/mol. The average molecular weight is 336 g/mol. The van der Waals surface area contributed by atoms with Gasteiger partial charge in [0.25, 0.3) is 5.91 Å². The number of benzene rings is 1. The van der Waals surface area contributed by atoms with E-state index in [4.69, 9.17) is 16.3 Å². The van der Waals surface area contributed by atoms with E-state index in [0.29, 0.717) is 28.9 Å². The summed E-state index contributed by atoms with van der Waals surface area (Å²) in [4.78, 5) is 17.3. The van der Waals surface area contributed by atoms with Crippen molar-refractivity contribution in [2.75, 3.05) is 44.7 Å². The molecule has 4 aliphatic rings. The second-order valence-corrected chi connectivity index (χ2v) is 7.23. The van der Waals surface area contributed by atoms with Crippen molar-refractivity contribution in [2.24, 2.45) is 5.92 Å². The zero-order valence-corrected chi connectivity index (χ0v) is 14.1. The molecule has 1 atom stereocenters. The van der Waals surface area contributed by atoms with Gasteiger partial charge in [0, 0.05) is 24.7 Å². The molecule has 0 saturated carbocycles. The summed E-state index contributed by atoms with van der Waals surface area (Å²) >= 11 is 6.23. The lowest BCUT2D eigenvalue weighted by molar-refractivity contribution is 0.0618. The van der Waals surface area contributed by atoms with Crippen molar-refractivity contribution < 1.29 is 9.53 Å². The molecule has 0 aromatic heterocycles. The average Bonchev–Trinajstić information content (AvgIpc) is 2.56. The Balaban J connectivity index is 1.59. The quantitative estimate of drug-likeness (QED) is 0.898. The number of rotatable bonds is 2. The third-order valence-electron chi connectivity index (χ3n) is 5.34. The van der Waals surface area contributed by atoms with Crippen molar-refractivity contribution in [3.8, 4) is 5.75 Å². The topological polar surface area (TPSA) is 44.8 Å². The lowest BCUT2D eigenvalue weighted by Crippen LogP contribution is -2.57. The van der Waals surface area contributed by atoms with Gasteiger partial charge in [0.05, 0.1) is 17.8 Å². The molecular weight excluding hydrogens is 314 g/mol. The molecular formula is C17H22ClN3O2. The molecule has 23 heavy (non-hydrogen) atoms. The fourth-order valence-electron chi connectivity index (χ4n) is 3.96. The van der Waals surface area contributed by atoms with Gasteiger partial charge in [0.2, 0.25) is 0 Å². The fraction of sp³-hybridized carbons (Fsp3) is 0.588. The van der Waals surface area contributed by atoms with Gasteiger partial charge < -0.3 is 19.9 Å². The second-order valence-electron chi connectivity index (χ2n) is 6.79. The molecule has 0 spiro atoms. The van der Waals surface area contributed by atoms with Crippen molar-refractivity contribution >= 4 is 23.2 Å². The number of halogens is 1. The minimum absolute atomic E-state index is 0.0715. The predicted molar refractivity (Wildman–Crippen MR) is 90.6 cm³/mol. The lowest BCUT2D eigenvalue weighted by atomic mass is 9.84. The van der Waals surface area contributed by atoms with Crippen LogP contribution in [0.2, 0.25) is 5.02 Å². The standard InChI is InChI=1S/C17H22ClN3O2/c1-20-6-7-23-16-13(8-12(18)9-15(16)20)17(22)19-14-10-21-4-2-11(14)3-5-21/h8-9,11,14H,2-7,10H2,1H3,(H,19,22). The summed E-state index contributed by atoms with van der Waals surface area (Å²) < 4.78 is 5.78. The molecule has 3 fully saturated rings. The van der Waals surface area contributed by atoms with E-state index in [1.165, 1.54) is 12.8 Å². The number of ether oxygens (including phenoxy) is 1. The smallest absolute Gasteiger partial charge is 0.255 e. The minimum atomic E-state index is -0.0715. The number of piperidine rings is 3. The highest BCUT2D eigenvalue weighted by Crippen LogP contribution is 2.37. The number of amides is 1. The Morgan fingerprint density at radius 3 is 2.78 bits per heavy atom. The van der Waals surface area contributed by atoms with Crippen molar-refractivity contribution in [3.05, 3.63) is 22.7 Å². The summed E-state index contributed by atoms with van der Waals surface area (Å²) in [6.07, 6.45) is 2.36. The van der Waals surface area contributed by atoms with Crippen LogP contribution in [-0.2, 0) is 0 Å². The van der Waals surface area contributed by atoms with E-state index in [1.54, 1.807) is 6.07 Å². The second kappa shape index (κ2) is 5.87. The van der Waals surface area contributed by atoms with E-state index < -0.39 is 0 Å². The number of likely N-dealkylation sites (N-methyl/N-ethyl adjacent to an activating group) is 1. The van der Waals surface area contributed by atoms with Crippen molar-refractivity contribution in [1.82, 2.24) is 10.2 Å². The Kier molecular flexibility index (Phi) is 3.85. The van der Waals surface area contributed by atoms with Crippen LogP contribution in [0.4, 0.5) is 5.69 Å². The number of hydrogen-bond acceptors (Lipinski definition) is 4. The SMILES string of the molecule is CN1CCOc2c(C(=O)NC3CN4CCC3CC4)cc(Cl)cc21. The number of carbonyl (C=O) groups excluding carboxylic acids is 1. The number of hydrogen-bond donors (Lipinski definition) is 1. The van der Waals surface area contributed by atoms with Crippen LogP contribution < -0.4 is 15.0 Å². The van der Waals surface area contributed by atoms with Crippen molar-refractivity contribution in [3.63, 3.8) is 0 Å². The Labute approximate surface area is 141 Å². The zero-order valence-electron chi connectivity index (χ0n) is 13.3. The van der Waals surface area contributed by atoms with E-state index >= 15 is 0 Å². The van der Waals surface area contributed by atoms with Crippen LogP contribution in [0, 0.1) is 5.92 Å². The predicted octanol–water partition coefficient (Wildman–Crippen LogP) is 1.99. The maximum Gasteiger partial charge on any atom is 0.255 e. The van der Waals surface area contributed by atoms with Crippen LogP contribution in [0.3, 0.4) is 0 Å². The largest absolute Gasteiger partial charge is 0.489 e. The summed E-state index contributed by atoms with van der Waals surface area (Å²) in [5.41, 5.74) is 1.44. The van der Waals surface area contributed by atoms with Crippen LogP contribution >= 0.6 is 11.6 Å². The van der Waals surface area contributed by atoms with Crippen molar-refractivity contribution in [1.29, 1.82) is 0 Å². The van der Waals surface area contributed by atoms with E-state index in [1.807, 2.05) is 13.1 Å². The van der Waals surface area contributed by atoms with Gasteiger partial charge in [-0.1, -0.05) is 11.6 Å². The van der Waals surface area contributed by atoms with Gasteiger partial charge in [0.15, 0.2) is 5.75 Å². The molecule has 5 rings (SSSR count). The third kappa shape index (κ3) is 2.76. The van der Waals surface area contributed by atoms with Crippen LogP contribution in [0.15, 0.2) is 12.1 Å². The van der Waals surface area contributed by atoms with Gasteiger partial charge in [-0.3, -0.25) is 4.79 Å². The number of fused-ring (bicyclic) bond motifs is 4. The maximum absolute atomic E-state index is 12.8. The third-order valence-corrected chi connectivity index (χ3v) is 5.55. The summed E-state index contributed by atoms with van der Waals surface area (Å²) in [5, 5.41) is 3.79. The highest BCUT2D eigenvalue weighted by atomic mass is 35.5. The van der Waals surface area contributed by atoms with Gasteiger partial charge in [-0.25, -0.2) is 0 Å². The summed E-state index contributed by atoms with van der Waals surface area (Å²) in [7, 11) is 1.99. The highest BCUT2D eigenvalue weighted by Gasteiger charge is 2.35. The summed E-state index contributed by atoms with van der Waals surface area (Å²) in [6.45, 7) is 4.67. The summed E-state index contributed by atoms with van der Waals surface area (Å²) in [6, 6.07) is 3.82.